The van der Waals surface area contributed by atoms with Crippen LogP contribution in [-0.2, 0) is 13.0 Å². The minimum atomic E-state index is 0.0374. The average Bonchev–Trinajstić information content (AvgIpc) is 3.16. The lowest BCUT2D eigenvalue weighted by atomic mass is 10.1. The van der Waals surface area contributed by atoms with E-state index in [4.69, 9.17) is 11.6 Å². The first kappa shape index (κ1) is 18.3. The highest BCUT2D eigenvalue weighted by Gasteiger charge is 2.17. The number of halogens is 1. The van der Waals surface area contributed by atoms with Gasteiger partial charge in [0.25, 0.3) is 5.91 Å². The third kappa shape index (κ3) is 4.10. The molecule has 0 unspecified atom stereocenters. The van der Waals surface area contributed by atoms with Gasteiger partial charge in [0.1, 0.15) is 0 Å². The SMILES string of the molecule is O=C(c1ccccc1)N(CCc1c[nH]c2ccccc12)Cc1ccc(Cl)cc1. The number of nitrogens with one attached hydrogen (secondary N) is 1. The molecule has 4 rings (SSSR count). The summed E-state index contributed by atoms with van der Waals surface area (Å²) < 4.78 is 0. The number of amides is 1. The van der Waals surface area contributed by atoms with Gasteiger partial charge in [0.05, 0.1) is 0 Å². The van der Waals surface area contributed by atoms with E-state index in [1.165, 1.54) is 10.9 Å². The lowest BCUT2D eigenvalue weighted by Crippen LogP contribution is -2.32. The first-order chi connectivity index (χ1) is 13.7. The van der Waals surface area contributed by atoms with Crippen LogP contribution < -0.4 is 0 Å². The molecule has 28 heavy (non-hydrogen) atoms. The number of carbonyl (C=O) groups excluding carboxylic acids is 1. The molecule has 0 saturated carbocycles. The van der Waals surface area contributed by atoms with E-state index in [2.05, 4.69) is 17.1 Å². The van der Waals surface area contributed by atoms with E-state index in [0.717, 1.165) is 17.5 Å². The molecule has 1 aromatic heterocycles. The van der Waals surface area contributed by atoms with E-state index >= 15 is 0 Å². The Morgan fingerprint density at radius 3 is 2.39 bits per heavy atom. The van der Waals surface area contributed by atoms with Crippen LogP contribution in [0, 0.1) is 0 Å². The van der Waals surface area contributed by atoms with Crippen LogP contribution in [0.1, 0.15) is 21.5 Å². The number of hydrogen-bond acceptors (Lipinski definition) is 1. The molecule has 0 bridgehead atoms. The highest BCUT2D eigenvalue weighted by atomic mass is 35.5. The Balaban J connectivity index is 1.56. The highest BCUT2D eigenvalue weighted by Crippen LogP contribution is 2.20. The van der Waals surface area contributed by atoms with Crippen LogP contribution in [0.2, 0.25) is 5.02 Å². The average molecular weight is 389 g/mol. The van der Waals surface area contributed by atoms with E-state index in [1.807, 2.05) is 77.8 Å². The Kier molecular flexibility index (Phi) is 5.45. The van der Waals surface area contributed by atoms with Gasteiger partial charge in [0.2, 0.25) is 0 Å². The third-order valence-electron chi connectivity index (χ3n) is 4.92. The Labute approximate surface area is 169 Å². The fraction of sp³-hybridized carbons (Fsp3) is 0.125. The summed E-state index contributed by atoms with van der Waals surface area (Å²) in [6.07, 6.45) is 2.83. The lowest BCUT2D eigenvalue weighted by Gasteiger charge is -2.23. The molecule has 3 nitrogen and oxygen atoms in total. The maximum absolute atomic E-state index is 13.1. The van der Waals surface area contributed by atoms with Crippen molar-refractivity contribution in [1.29, 1.82) is 0 Å². The summed E-state index contributed by atoms with van der Waals surface area (Å²) in [7, 11) is 0. The third-order valence-corrected chi connectivity index (χ3v) is 5.17. The number of aromatic nitrogens is 1. The topological polar surface area (TPSA) is 36.1 Å². The van der Waals surface area contributed by atoms with Crippen molar-refractivity contribution in [1.82, 2.24) is 9.88 Å². The number of aromatic amines is 1. The normalized spacial score (nSPS) is 10.9. The summed E-state index contributed by atoms with van der Waals surface area (Å²) in [5.74, 6) is 0.0374. The van der Waals surface area contributed by atoms with Gasteiger partial charge in [-0.2, -0.15) is 0 Å². The molecule has 0 radical (unpaired) electrons. The number of rotatable bonds is 6. The van der Waals surface area contributed by atoms with Gasteiger partial charge in [-0.05, 0) is 47.9 Å². The van der Waals surface area contributed by atoms with Crippen LogP contribution in [0.25, 0.3) is 10.9 Å². The van der Waals surface area contributed by atoms with Crippen molar-refractivity contribution < 1.29 is 4.79 Å². The van der Waals surface area contributed by atoms with Gasteiger partial charge in [0.15, 0.2) is 0 Å². The number of H-pyrrole nitrogens is 1. The minimum absolute atomic E-state index is 0.0374. The van der Waals surface area contributed by atoms with Crippen LogP contribution >= 0.6 is 11.6 Å². The predicted octanol–water partition coefficient (Wildman–Crippen LogP) is 5.71. The number of fused-ring (bicyclic) bond motifs is 1. The molecule has 0 aliphatic rings. The molecule has 0 aliphatic heterocycles. The molecule has 4 aromatic rings. The fourth-order valence-corrected chi connectivity index (χ4v) is 3.55. The van der Waals surface area contributed by atoms with Crippen molar-refractivity contribution in [3.8, 4) is 0 Å². The molecule has 0 spiro atoms. The van der Waals surface area contributed by atoms with Gasteiger partial charge in [-0.3, -0.25) is 4.79 Å². The van der Waals surface area contributed by atoms with Crippen molar-refractivity contribution >= 4 is 28.4 Å². The molecule has 0 atom stereocenters. The van der Waals surface area contributed by atoms with Gasteiger partial charge in [-0.15, -0.1) is 0 Å². The summed E-state index contributed by atoms with van der Waals surface area (Å²) in [5, 5.41) is 1.91. The molecular formula is C24H21ClN2O. The summed E-state index contributed by atoms with van der Waals surface area (Å²) in [6, 6.07) is 25.4. The summed E-state index contributed by atoms with van der Waals surface area (Å²) in [4.78, 5) is 18.3. The molecule has 0 aliphatic carbocycles. The zero-order valence-corrected chi connectivity index (χ0v) is 16.2. The molecule has 140 valence electrons. The number of nitrogens with zero attached hydrogens (tertiary/aromatic N) is 1. The number of benzene rings is 3. The quantitative estimate of drug-likeness (QED) is 0.451. The van der Waals surface area contributed by atoms with E-state index in [9.17, 15) is 4.79 Å². The second kappa shape index (κ2) is 8.32. The monoisotopic (exact) mass is 388 g/mol. The van der Waals surface area contributed by atoms with E-state index in [1.54, 1.807) is 0 Å². The second-order valence-electron chi connectivity index (χ2n) is 6.83. The second-order valence-corrected chi connectivity index (χ2v) is 7.27. The number of carbonyl (C=O) groups is 1. The number of hydrogen-bond donors (Lipinski definition) is 1. The van der Waals surface area contributed by atoms with Crippen LogP contribution in [0.15, 0.2) is 85.1 Å². The molecule has 1 N–H and O–H groups in total. The van der Waals surface area contributed by atoms with Crippen molar-refractivity contribution in [2.24, 2.45) is 0 Å². The first-order valence-corrected chi connectivity index (χ1v) is 9.72. The van der Waals surface area contributed by atoms with Crippen molar-refractivity contribution in [2.75, 3.05) is 6.54 Å². The molecule has 3 aromatic carbocycles. The maximum atomic E-state index is 13.1. The van der Waals surface area contributed by atoms with Crippen LogP contribution in [0.5, 0.6) is 0 Å². The van der Waals surface area contributed by atoms with Crippen LogP contribution in [0.4, 0.5) is 0 Å². The minimum Gasteiger partial charge on any atom is -0.361 e. The van der Waals surface area contributed by atoms with E-state index < -0.39 is 0 Å². The van der Waals surface area contributed by atoms with Gasteiger partial charge in [-0.1, -0.05) is 60.1 Å². The Morgan fingerprint density at radius 2 is 1.61 bits per heavy atom. The first-order valence-electron chi connectivity index (χ1n) is 9.34. The van der Waals surface area contributed by atoms with Crippen LogP contribution in [-0.4, -0.2) is 22.3 Å². The van der Waals surface area contributed by atoms with Crippen LogP contribution in [0.3, 0.4) is 0 Å². The molecule has 4 heteroatoms. The lowest BCUT2D eigenvalue weighted by molar-refractivity contribution is 0.0745. The highest BCUT2D eigenvalue weighted by molar-refractivity contribution is 6.30. The van der Waals surface area contributed by atoms with Gasteiger partial charge < -0.3 is 9.88 Å². The summed E-state index contributed by atoms with van der Waals surface area (Å²) in [5.41, 5.74) is 4.11. The van der Waals surface area contributed by atoms with Gasteiger partial charge in [0, 0.05) is 40.8 Å². The molecule has 1 heterocycles. The summed E-state index contributed by atoms with van der Waals surface area (Å²) >= 11 is 6.01. The fourth-order valence-electron chi connectivity index (χ4n) is 3.42. The van der Waals surface area contributed by atoms with Gasteiger partial charge >= 0.3 is 0 Å². The predicted molar refractivity (Wildman–Crippen MR) is 115 cm³/mol. The molecule has 1 amide bonds. The van der Waals surface area contributed by atoms with E-state index in [0.29, 0.717) is 23.7 Å². The van der Waals surface area contributed by atoms with Crippen molar-refractivity contribution in [2.45, 2.75) is 13.0 Å². The largest absolute Gasteiger partial charge is 0.361 e. The Morgan fingerprint density at radius 1 is 0.893 bits per heavy atom. The zero-order chi connectivity index (χ0) is 19.3. The molecule has 0 saturated heterocycles. The smallest absolute Gasteiger partial charge is 0.254 e. The molecule has 0 fully saturated rings. The van der Waals surface area contributed by atoms with E-state index in [-0.39, 0.29) is 5.91 Å². The molecular weight excluding hydrogens is 368 g/mol. The van der Waals surface area contributed by atoms with Crippen molar-refractivity contribution in [3.05, 3.63) is 107 Å². The Bertz CT molecular complexity index is 1070. The maximum Gasteiger partial charge on any atom is 0.254 e. The van der Waals surface area contributed by atoms with Crippen molar-refractivity contribution in [3.63, 3.8) is 0 Å². The van der Waals surface area contributed by atoms with Gasteiger partial charge in [-0.25, -0.2) is 0 Å². The summed E-state index contributed by atoms with van der Waals surface area (Å²) in [6.45, 7) is 1.19. The Hall–Kier alpha value is -3.04. The number of para-hydroxylation sites is 1. The zero-order valence-electron chi connectivity index (χ0n) is 15.4. The standard InChI is InChI=1S/C24H21ClN2O/c25-21-12-10-18(11-13-21)17-27(24(28)19-6-2-1-3-7-19)15-14-20-16-26-23-9-5-4-8-22(20)23/h1-13,16,26H,14-15,17H2.